The summed E-state index contributed by atoms with van der Waals surface area (Å²) in [6.45, 7) is 6.14. The highest BCUT2D eigenvalue weighted by Crippen LogP contribution is 2.31. The third-order valence-corrected chi connectivity index (χ3v) is 7.33. The Hall–Kier alpha value is -2.98. The minimum Gasteiger partial charge on any atom is -0.462 e. The first-order valence-corrected chi connectivity index (χ1v) is 14.8. The maximum Gasteiger partial charge on any atom is 0.330 e. The van der Waals surface area contributed by atoms with E-state index >= 15 is 0 Å². The second kappa shape index (κ2) is 17.1. The molecule has 3 unspecified atom stereocenters. The molecule has 2 aliphatic heterocycles. The fourth-order valence-corrected chi connectivity index (χ4v) is 5.48. The van der Waals surface area contributed by atoms with Crippen LogP contribution < -0.4 is 5.32 Å². The summed E-state index contributed by atoms with van der Waals surface area (Å²) in [5.41, 5.74) is 0.767. The molecule has 3 heterocycles. The molecule has 10 nitrogen and oxygen atoms in total. The number of amides is 1. The van der Waals surface area contributed by atoms with Crippen LogP contribution in [0.1, 0.15) is 90.1 Å². The summed E-state index contributed by atoms with van der Waals surface area (Å²) in [6, 6.07) is 0. The molecule has 0 radical (unpaired) electrons. The summed E-state index contributed by atoms with van der Waals surface area (Å²) in [5, 5.41) is 2.66. The first-order valence-electron chi connectivity index (χ1n) is 14.8. The summed E-state index contributed by atoms with van der Waals surface area (Å²) in [4.78, 5) is 40.7. The van der Waals surface area contributed by atoms with Crippen molar-refractivity contribution in [2.75, 3.05) is 13.7 Å². The van der Waals surface area contributed by atoms with Crippen molar-refractivity contribution in [2.24, 2.45) is 5.92 Å². The largest absolute Gasteiger partial charge is 0.462 e. The van der Waals surface area contributed by atoms with Crippen LogP contribution in [0.3, 0.4) is 0 Å². The van der Waals surface area contributed by atoms with E-state index < -0.39 is 5.97 Å². The molecule has 2 fully saturated rings. The zero-order valence-corrected chi connectivity index (χ0v) is 24.8. The molecule has 41 heavy (non-hydrogen) atoms. The summed E-state index contributed by atoms with van der Waals surface area (Å²) in [7, 11) is 1.71. The maximum absolute atomic E-state index is 12.8. The van der Waals surface area contributed by atoms with Crippen molar-refractivity contribution >= 4 is 23.9 Å². The summed E-state index contributed by atoms with van der Waals surface area (Å²) >= 11 is 0. The third-order valence-electron chi connectivity index (χ3n) is 7.33. The van der Waals surface area contributed by atoms with E-state index in [1.807, 2.05) is 0 Å². The van der Waals surface area contributed by atoms with Crippen LogP contribution in [-0.4, -0.2) is 67.0 Å². The van der Waals surface area contributed by atoms with Crippen molar-refractivity contribution in [1.29, 1.82) is 0 Å². The number of allylic oxidation sites excluding steroid dienone is 1. The van der Waals surface area contributed by atoms with Crippen molar-refractivity contribution in [2.45, 2.75) is 115 Å². The van der Waals surface area contributed by atoms with E-state index in [0.717, 1.165) is 31.4 Å². The van der Waals surface area contributed by atoms with Gasteiger partial charge in [-0.15, -0.1) is 0 Å². The van der Waals surface area contributed by atoms with Crippen molar-refractivity contribution < 1.29 is 37.7 Å². The van der Waals surface area contributed by atoms with Gasteiger partial charge in [-0.05, 0) is 44.1 Å². The number of hydrogen-bond acceptors (Lipinski definition) is 9. The lowest BCUT2D eigenvalue weighted by Gasteiger charge is -2.37. The molecule has 1 aromatic heterocycles. The van der Waals surface area contributed by atoms with Crippen LogP contribution in [0.15, 0.2) is 28.9 Å². The molecular formula is C31H46N2O8. The number of aryl methyl sites for hydroxylation is 1. The molecular weight excluding hydrogens is 528 g/mol. The number of fused-ring (bicyclic) bond motifs is 2. The number of oxazole rings is 1. The summed E-state index contributed by atoms with van der Waals surface area (Å²) in [6.07, 6.45) is 13.8. The van der Waals surface area contributed by atoms with Gasteiger partial charge in [0.2, 0.25) is 11.8 Å². The van der Waals surface area contributed by atoms with Gasteiger partial charge in [-0.25, -0.2) is 9.78 Å². The predicted octanol–water partition coefficient (Wildman–Crippen LogP) is 4.71. The van der Waals surface area contributed by atoms with Gasteiger partial charge in [0.05, 0.1) is 30.4 Å². The lowest BCUT2D eigenvalue weighted by molar-refractivity contribution is -0.168. The standard InChI is InChI=1S/C31H46N2O8/c1-5-9-24-16-25(37-4)14-21(2)15-26-17-27(18-28(39-26)19-31(36)40-24)41-30(35)12-7-6-10-23-20-38-29(33-23)11-8-13-32-22(3)34/h7-8,11-12,20-21,24-28H,5-6,9-10,13-19H2,1-4H3,(H,32,34)/b11-8-,12-7-/t21?,24?,25?,26-,27-,28-/m1/s1. The van der Waals surface area contributed by atoms with Gasteiger partial charge in [-0.2, -0.15) is 0 Å². The first-order chi connectivity index (χ1) is 19.7. The molecule has 2 aliphatic rings. The van der Waals surface area contributed by atoms with Crippen LogP contribution >= 0.6 is 0 Å². The number of hydrogen-bond donors (Lipinski definition) is 1. The number of aromatic nitrogens is 1. The number of esters is 2. The topological polar surface area (TPSA) is 126 Å². The molecule has 6 atom stereocenters. The number of nitrogens with zero attached hydrogens (tertiary/aromatic N) is 1. The Labute approximate surface area is 243 Å². The van der Waals surface area contributed by atoms with Crippen molar-refractivity contribution in [1.82, 2.24) is 10.3 Å². The van der Waals surface area contributed by atoms with Gasteiger partial charge >= 0.3 is 11.9 Å². The third kappa shape index (κ3) is 12.2. The molecule has 1 N–H and O–H groups in total. The van der Waals surface area contributed by atoms with E-state index in [0.29, 0.717) is 50.5 Å². The summed E-state index contributed by atoms with van der Waals surface area (Å²) < 4.78 is 29.0. The smallest absolute Gasteiger partial charge is 0.330 e. The van der Waals surface area contributed by atoms with E-state index in [-0.39, 0.29) is 48.8 Å². The fraction of sp³-hybridized carbons (Fsp3) is 0.677. The van der Waals surface area contributed by atoms with E-state index in [4.69, 9.17) is 23.4 Å². The minimum atomic E-state index is -0.407. The number of rotatable bonds is 11. The lowest BCUT2D eigenvalue weighted by Crippen LogP contribution is -2.41. The van der Waals surface area contributed by atoms with E-state index in [1.165, 1.54) is 13.0 Å². The molecule has 0 aromatic carbocycles. The number of cyclic esters (lactones) is 1. The van der Waals surface area contributed by atoms with Gasteiger partial charge in [-0.1, -0.05) is 32.4 Å². The fourth-order valence-electron chi connectivity index (χ4n) is 5.48. The highest BCUT2D eigenvalue weighted by molar-refractivity contribution is 5.82. The zero-order valence-electron chi connectivity index (χ0n) is 24.8. The van der Waals surface area contributed by atoms with Crippen LogP contribution in [0.25, 0.3) is 6.08 Å². The minimum absolute atomic E-state index is 0.0160. The van der Waals surface area contributed by atoms with E-state index in [9.17, 15) is 14.4 Å². The Morgan fingerprint density at radius 2 is 1.93 bits per heavy atom. The van der Waals surface area contributed by atoms with Crippen molar-refractivity contribution in [3.63, 3.8) is 0 Å². The first kappa shape index (κ1) is 32.5. The molecule has 0 aliphatic carbocycles. The van der Waals surface area contributed by atoms with Crippen LogP contribution in [0.2, 0.25) is 0 Å². The molecule has 2 bridgehead atoms. The average molecular weight is 575 g/mol. The number of ether oxygens (including phenoxy) is 4. The molecule has 0 spiro atoms. The number of carbonyl (C=O) groups excluding carboxylic acids is 3. The maximum atomic E-state index is 12.8. The summed E-state index contributed by atoms with van der Waals surface area (Å²) in [5.74, 6) is 0.0233. The van der Waals surface area contributed by atoms with Gasteiger partial charge in [0.1, 0.15) is 18.5 Å². The zero-order chi connectivity index (χ0) is 29.6. The monoisotopic (exact) mass is 574 g/mol. The van der Waals surface area contributed by atoms with E-state index in [2.05, 4.69) is 24.1 Å². The molecule has 3 rings (SSSR count). The number of carbonyl (C=O) groups is 3. The van der Waals surface area contributed by atoms with Crippen molar-refractivity contribution in [3.8, 4) is 0 Å². The Bertz CT molecular complexity index is 1040. The van der Waals surface area contributed by atoms with Gasteiger partial charge < -0.3 is 28.7 Å². The second-order valence-electron chi connectivity index (χ2n) is 11.1. The Morgan fingerprint density at radius 1 is 1.12 bits per heavy atom. The molecule has 0 saturated carbocycles. The molecule has 10 heteroatoms. The molecule has 228 valence electrons. The van der Waals surface area contributed by atoms with Crippen LogP contribution in [0.5, 0.6) is 0 Å². The Morgan fingerprint density at radius 3 is 2.68 bits per heavy atom. The van der Waals surface area contributed by atoms with E-state index in [1.54, 1.807) is 31.6 Å². The second-order valence-corrected chi connectivity index (χ2v) is 11.1. The quantitative estimate of drug-likeness (QED) is 0.295. The SMILES string of the molecule is CCCC1CC(OC)CC(C)C[C@@H]2C[C@@H](OC(=O)/C=C\CCc3coc(/C=C\CNC(C)=O)n3)C[C@H](CC(=O)O1)O2. The molecule has 1 amide bonds. The van der Waals surface area contributed by atoms with Crippen molar-refractivity contribution in [3.05, 3.63) is 36.1 Å². The predicted molar refractivity (Wildman–Crippen MR) is 153 cm³/mol. The highest BCUT2D eigenvalue weighted by Gasteiger charge is 2.35. The van der Waals surface area contributed by atoms with Gasteiger partial charge in [0.15, 0.2) is 0 Å². The lowest BCUT2D eigenvalue weighted by atomic mass is 9.89. The average Bonchev–Trinajstić information content (AvgIpc) is 3.35. The highest BCUT2D eigenvalue weighted by atomic mass is 16.6. The molecule has 1 aromatic rings. The van der Waals surface area contributed by atoms with Gasteiger partial charge in [0, 0.05) is 45.9 Å². The molecule has 2 saturated heterocycles. The van der Waals surface area contributed by atoms with Crippen LogP contribution in [-0.2, 0) is 39.8 Å². The van der Waals surface area contributed by atoms with Crippen LogP contribution in [0.4, 0.5) is 0 Å². The normalized spacial score (nSPS) is 27.7. The number of methoxy groups -OCH3 is 1. The van der Waals surface area contributed by atoms with Crippen LogP contribution in [0, 0.1) is 5.92 Å². The Balaban J connectivity index is 1.50. The Kier molecular flexibility index (Phi) is 13.6. The number of nitrogens with one attached hydrogen (secondary N) is 1. The van der Waals surface area contributed by atoms with Gasteiger partial charge in [-0.3, -0.25) is 9.59 Å². The van der Waals surface area contributed by atoms with Gasteiger partial charge in [0.25, 0.3) is 0 Å².